The van der Waals surface area contributed by atoms with Crippen LogP contribution in [-0.4, -0.2) is 36.1 Å². The number of likely N-dealkylation sites (N-methyl/N-ethyl adjacent to an activating group) is 1. The fourth-order valence-corrected chi connectivity index (χ4v) is 1.52. The van der Waals surface area contributed by atoms with Gasteiger partial charge in [0.25, 0.3) is 5.69 Å². The third kappa shape index (κ3) is 5.33. The van der Waals surface area contributed by atoms with Crippen molar-refractivity contribution in [2.45, 2.75) is 13.8 Å². The van der Waals surface area contributed by atoms with Gasteiger partial charge in [-0.2, -0.15) is 0 Å². The minimum atomic E-state index is -0.419. The van der Waals surface area contributed by atoms with Gasteiger partial charge in [0.05, 0.1) is 11.0 Å². The summed E-state index contributed by atoms with van der Waals surface area (Å²) in [6.07, 6.45) is 0. The number of nitro benzene ring substituents is 1. The number of halogens is 1. The summed E-state index contributed by atoms with van der Waals surface area (Å²) in [6, 6.07) is 6.26. The number of non-ortho nitro benzene ring substituents is 1. The largest absolute Gasteiger partial charge is 0.492 e. The van der Waals surface area contributed by atoms with Crippen LogP contribution in [0, 0.1) is 10.1 Å². The molecule has 1 aromatic carbocycles. The SMILES string of the molecule is CCN(CC)CCOc1cccc([N+](=O)[O-])c1.Cl. The van der Waals surface area contributed by atoms with E-state index in [1.807, 2.05) is 0 Å². The van der Waals surface area contributed by atoms with Crippen molar-refractivity contribution in [3.05, 3.63) is 34.4 Å². The quantitative estimate of drug-likeness (QED) is 0.567. The van der Waals surface area contributed by atoms with E-state index in [9.17, 15) is 10.1 Å². The van der Waals surface area contributed by atoms with Crippen LogP contribution in [0.25, 0.3) is 0 Å². The number of nitrogens with zero attached hydrogens (tertiary/aromatic N) is 2. The molecule has 0 N–H and O–H groups in total. The maximum atomic E-state index is 10.6. The lowest BCUT2D eigenvalue weighted by molar-refractivity contribution is -0.384. The number of hydrogen-bond donors (Lipinski definition) is 0. The lowest BCUT2D eigenvalue weighted by atomic mass is 10.3. The predicted octanol–water partition coefficient (Wildman–Crippen LogP) is 2.74. The fraction of sp³-hybridized carbons (Fsp3) is 0.500. The highest BCUT2D eigenvalue weighted by Gasteiger charge is 2.06. The topological polar surface area (TPSA) is 55.6 Å². The monoisotopic (exact) mass is 274 g/mol. The van der Waals surface area contributed by atoms with Crippen molar-refractivity contribution in [1.82, 2.24) is 4.90 Å². The Morgan fingerprint density at radius 3 is 2.56 bits per heavy atom. The van der Waals surface area contributed by atoms with Crippen molar-refractivity contribution < 1.29 is 9.66 Å². The van der Waals surface area contributed by atoms with E-state index in [1.165, 1.54) is 12.1 Å². The third-order valence-electron chi connectivity index (χ3n) is 2.60. The van der Waals surface area contributed by atoms with Crippen LogP contribution in [0.15, 0.2) is 24.3 Å². The highest BCUT2D eigenvalue weighted by molar-refractivity contribution is 5.85. The van der Waals surface area contributed by atoms with Crippen LogP contribution >= 0.6 is 12.4 Å². The van der Waals surface area contributed by atoms with Crippen LogP contribution in [0.4, 0.5) is 5.69 Å². The molecule has 1 rings (SSSR count). The fourth-order valence-electron chi connectivity index (χ4n) is 1.52. The van der Waals surface area contributed by atoms with Crippen LogP contribution < -0.4 is 4.74 Å². The Balaban J connectivity index is 0.00000289. The minimum Gasteiger partial charge on any atom is -0.492 e. The Bertz CT molecular complexity index is 370. The van der Waals surface area contributed by atoms with Gasteiger partial charge >= 0.3 is 0 Å². The average Bonchev–Trinajstić information content (AvgIpc) is 2.35. The molecule has 5 nitrogen and oxygen atoms in total. The lowest BCUT2D eigenvalue weighted by Crippen LogP contribution is -2.27. The summed E-state index contributed by atoms with van der Waals surface area (Å²) in [5, 5.41) is 10.6. The molecule has 0 spiro atoms. The normalized spacial score (nSPS) is 9.94. The number of ether oxygens (including phenoxy) is 1. The molecular weight excluding hydrogens is 256 g/mol. The van der Waals surface area contributed by atoms with Crippen molar-refractivity contribution in [3.8, 4) is 5.75 Å². The molecule has 0 heterocycles. The van der Waals surface area contributed by atoms with Gasteiger partial charge in [-0.3, -0.25) is 10.1 Å². The third-order valence-corrected chi connectivity index (χ3v) is 2.60. The highest BCUT2D eigenvalue weighted by Crippen LogP contribution is 2.18. The Morgan fingerprint density at radius 2 is 2.00 bits per heavy atom. The van der Waals surface area contributed by atoms with Gasteiger partial charge < -0.3 is 9.64 Å². The molecule has 0 aliphatic carbocycles. The van der Waals surface area contributed by atoms with E-state index in [1.54, 1.807) is 12.1 Å². The number of hydrogen-bond acceptors (Lipinski definition) is 4. The molecule has 102 valence electrons. The van der Waals surface area contributed by atoms with E-state index in [-0.39, 0.29) is 18.1 Å². The number of benzene rings is 1. The standard InChI is InChI=1S/C12H18N2O3.ClH/c1-3-13(4-2)8-9-17-12-7-5-6-11(10-12)14(15)16;/h5-7,10H,3-4,8-9H2,1-2H3;1H. The lowest BCUT2D eigenvalue weighted by Gasteiger charge is -2.17. The van der Waals surface area contributed by atoms with E-state index in [0.717, 1.165) is 19.6 Å². The van der Waals surface area contributed by atoms with Crippen molar-refractivity contribution in [1.29, 1.82) is 0 Å². The predicted molar refractivity (Wildman–Crippen MR) is 73.6 cm³/mol. The van der Waals surface area contributed by atoms with Gasteiger partial charge in [0, 0.05) is 12.6 Å². The summed E-state index contributed by atoms with van der Waals surface area (Å²) in [5.74, 6) is 0.548. The van der Waals surface area contributed by atoms with Gasteiger partial charge in [0.2, 0.25) is 0 Å². The average molecular weight is 275 g/mol. The van der Waals surface area contributed by atoms with Crippen molar-refractivity contribution >= 4 is 18.1 Å². The smallest absolute Gasteiger partial charge is 0.273 e. The zero-order chi connectivity index (χ0) is 12.7. The molecule has 0 radical (unpaired) electrons. The molecule has 1 aromatic rings. The molecule has 0 amide bonds. The summed E-state index contributed by atoms with van der Waals surface area (Å²) in [6.45, 7) is 7.52. The molecule has 0 fully saturated rings. The number of rotatable bonds is 7. The molecule has 0 aromatic heterocycles. The molecule has 6 heteroatoms. The van der Waals surface area contributed by atoms with Crippen molar-refractivity contribution in [3.63, 3.8) is 0 Å². The molecule has 0 unspecified atom stereocenters. The second-order valence-electron chi connectivity index (χ2n) is 3.63. The van der Waals surface area contributed by atoms with Crippen LogP contribution in [-0.2, 0) is 0 Å². The summed E-state index contributed by atoms with van der Waals surface area (Å²) in [5.41, 5.74) is 0.0605. The Kier molecular flexibility index (Phi) is 8.07. The van der Waals surface area contributed by atoms with Gasteiger partial charge in [-0.25, -0.2) is 0 Å². The Hall–Kier alpha value is -1.33. The summed E-state index contributed by atoms with van der Waals surface area (Å²) >= 11 is 0. The van der Waals surface area contributed by atoms with Crippen LogP contribution in [0.2, 0.25) is 0 Å². The van der Waals surface area contributed by atoms with Crippen LogP contribution in [0.3, 0.4) is 0 Å². The maximum Gasteiger partial charge on any atom is 0.273 e. The van der Waals surface area contributed by atoms with Crippen molar-refractivity contribution in [2.75, 3.05) is 26.2 Å². The van der Waals surface area contributed by atoms with Crippen LogP contribution in [0.5, 0.6) is 5.75 Å². The maximum absolute atomic E-state index is 10.6. The molecular formula is C12H19ClN2O3. The Morgan fingerprint density at radius 1 is 1.33 bits per heavy atom. The van der Waals surface area contributed by atoms with Gasteiger partial charge in [0.15, 0.2) is 0 Å². The van der Waals surface area contributed by atoms with Gasteiger partial charge in [-0.1, -0.05) is 19.9 Å². The molecule has 0 saturated heterocycles. The van der Waals surface area contributed by atoms with E-state index in [2.05, 4.69) is 18.7 Å². The molecule has 0 aliphatic rings. The van der Waals surface area contributed by atoms with Gasteiger partial charge in [0.1, 0.15) is 12.4 Å². The molecule has 18 heavy (non-hydrogen) atoms. The van der Waals surface area contributed by atoms with Crippen molar-refractivity contribution in [2.24, 2.45) is 0 Å². The first-order valence-corrected chi connectivity index (χ1v) is 5.77. The zero-order valence-electron chi connectivity index (χ0n) is 10.7. The minimum absolute atomic E-state index is 0. The summed E-state index contributed by atoms with van der Waals surface area (Å²) in [4.78, 5) is 12.4. The van der Waals surface area contributed by atoms with E-state index in [4.69, 9.17) is 4.74 Å². The molecule has 0 bridgehead atoms. The second kappa shape index (κ2) is 8.72. The summed E-state index contributed by atoms with van der Waals surface area (Å²) < 4.78 is 5.48. The molecule has 0 atom stereocenters. The first-order chi connectivity index (χ1) is 8.17. The number of nitro groups is 1. The van der Waals surface area contributed by atoms with Gasteiger partial charge in [-0.05, 0) is 19.2 Å². The van der Waals surface area contributed by atoms with E-state index >= 15 is 0 Å². The molecule has 0 aliphatic heterocycles. The van der Waals surface area contributed by atoms with Crippen LogP contribution in [0.1, 0.15) is 13.8 Å². The first-order valence-electron chi connectivity index (χ1n) is 5.77. The van der Waals surface area contributed by atoms with Gasteiger partial charge in [-0.15, -0.1) is 12.4 Å². The first kappa shape index (κ1) is 16.7. The Labute approximate surface area is 113 Å². The highest BCUT2D eigenvalue weighted by atomic mass is 35.5. The zero-order valence-corrected chi connectivity index (χ0v) is 11.5. The van der Waals surface area contributed by atoms with E-state index in [0.29, 0.717) is 12.4 Å². The summed E-state index contributed by atoms with van der Waals surface area (Å²) in [7, 11) is 0. The second-order valence-corrected chi connectivity index (χ2v) is 3.63. The molecule has 0 saturated carbocycles. The van der Waals surface area contributed by atoms with E-state index < -0.39 is 4.92 Å².